The molecule has 6 heteroatoms. The van der Waals surface area contributed by atoms with Crippen LogP contribution < -0.4 is 10.2 Å². The van der Waals surface area contributed by atoms with E-state index in [0.717, 1.165) is 42.2 Å². The number of imidazole rings is 1. The second-order valence-corrected chi connectivity index (χ2v) is 5.53. The Hall–Kier alpha value is -2.63. The molecule has 3 heterocycles. The molecular formula is C16H18N6. The van der Waals surface area contributed by atoms with Crippen molar-refractivity contribution < 1.29 is 0 Å². The molecule has 112 valence electrons. The summed E-state index contributed by atoms with van der Waals surface area (Å²) in [5, 5.41) is 3.51. The summed E-state index contributed by atoms with van der Waals surface area (Å²) in [5.41, 5.74) is 2.81. The molecule has 1 fully saturated rings. The topological polar surface area (TPSA) is 69.7 Å². The lowest BCUT2D eigenvalue weighted by Crippen LogP contribution is -2.35. The van der Waals surface area contributed by atoms with Crippen molar-refractivity contribution in [1.29, 1.82) is 0 Å². The third-order valence-corrected chi connectivity index (χ3v) is 4.16. The summed E-state index contributed by atoms with van der Waals surface area (Å²) in [6, 6.07) is 10.7. The average molecular weight is 294 g/mol. The van der Waals surface area contributed by atoms with Crippen LogP contribution in [0.3, 0.4) is 0 Å². The van der Waals surface area contributed by atoms with E-state index in [-0.39, 0.29) is 0 Å². The molecule has 1 unspecified atom stereocenters. The third-order valence-electron chi connectivity index (χ3n) is 4.16. The van der Waals surface area contributed by atoms with Crippen molar-refractivity contribution in [3.05, 3.63) is 43.0 Å². The van der Waals surface area contributed by atoms with Gasteiger partial charge in [-0.15, -0.1) is 0 Å². The average Bonchev–Trinajstić information content (AvgIpc) is 3.22. The molecule has 1 saturated heterocycles. The molecule has 0 amide bonds. The summed E-state index contributed by atoms with van der Waals surface area (Å²) >= 11 is 0. The van der Waals surface area contributed by atoms with E-state index in [2.05, 4.69) is 42.3 Å². The molecule has 2 N–H and O–H groups in total. The molecule has 1 aromatic carbocycles. The van der Waals surface area contributed by atoms with Crippen molar-refractivity contribution in [2.45, 2.75) is 18.9 Å². The first-order valence-corrected chi connectivity index (χ1v) is 7.61. The number of para-hydroxylation sites is 1. The van der Waals surface area contributed by atoms with Crippen molar-refractivity contribution in [3.8, 4) is 0 Å². The van der Waals surface area contributed by atoms with Crippen LogP contribution in [0.4, 0.5) is 11.5 Å². The maximum Gasteiger partial charge on any atom is 0.162 e. The molecule has 2 aromatic heterocycles. The van der Waals surface area contributed by atoms with Crippen LogP contribution in [-0.4, -0.2) is 39.1 Å². The number of hydrogen-bond donors (Lipinski definition) is 2. The molecule has 0 aliphatic carbocycles. The van der Waals surface area contributed by atoms with E-state index in [1.807, 2.05) is 18.2 Å². The van der Waals surface area contributed by atoms with Crippen LogP contribution in [0, 0.1) is 0 Å². The molecular weight excluding hydrogens is 276 g/mol. The Labute approximate surface area is 128 Å². The van der Waals surface area contributed by atoms with Gasteiger partial charge in [0.05, 0.1) is 6.33 Å². The SMILES string of the molecule is c1ccc(NCC2CCCN2c2ncnc3[nH]cnc23)cc1. The van der Waals surface area contributed by atoms with E-state index >= 15 is 0 Å². The van der Waals surface area contributed by atoms with Crippen LogP contribution in [0.25, 0.3) is 11.2 Å². The largest absolute Gasteiger partial charge is 0.383 e. The van der Waals surface area contributed by atoms with Gasteiger partial charge in [-0.2, -0.15) is 0 Å². The fourth-order valence-corrected chi connectivity index (χ4v) is 3.08. The van der Waals surface area contributed by atoms with E-state index in [1.54, 1.807) is 12.7 Å². The van der Waals surface area contributed by atoms with Crippen LogP contribution in [0.1, 0.15) is 12.8 Å². The maximum atomic E-state index is 4.47. The predicted octanol–water partition coefficient (Wildman–Crippen LogP) is 2.43. The van der Waals surface area contributed by atoms with E-state index in [1.165, 1.54) is 6.42 Å². The molecule has 4 rings (SSSR count). The van der Waals surface area contributed by atoms with Gasteiger partial charge in [-0.05, 0) is 25.0 Å². The van der Waals surface area contributed by atoms with Crippen molar-refractivity contribution in [2.75, 3.05) is 23.3 Å². The first-order chi connectivity index (χ1) is 10.9. The standard InChI is InChI=1S/C16H18N6/c1-2-5-12(6-3-1)17-9-13-7-4-8-22(13)16-14-15(19-10-18-14)20-11-21-16/h1-3,5-6,10-11,13,17H,4,7-9H2,(H,18,19,20,21). The monoisotopic (exact) mass is 294 g/mol. The van der Waals surface area contributed by atoms with Gasteiger partial charge in [0, 0.05) is 24.8 Å². The Bertz CT molecular complexity index is 753. The zero-order valence-electron chi connectivity index (χ0n) is 12.2. The van der Waals surface area contributed by atoms with Crippen molar-refractivity contribution in [1.82, 2.24) is 19.9 Å². The van der Waals surface area contributed by atoms with Gasteiger partial charge in [-0.25, -0.2) is 15.0 Å². The number of nitrogens with one attached hydrogen (secondary N) is 2. The highest BCUT2D eigenvalue weighted by molar-refractivity contribution is 5.83. The van der Waals surface area contributed by atoms with E-state index in [0.29, 0.717) is 6.04 Å². The number of hydrogen-bond acceptors (Lipinski definition) is 5. The minimum Gasteiger partial charge on any atom is -0.383 e. The van der Waals surface area contributed by atoms with Gasteiger partial charge in [0.2, 0.25) is 0 Å². The van der Waals surface area contributed by atoms with Gasteiger partial charge < -0.3 is 15.2 Å². The second kappa shape index (κ2) is 5.63. The molecule has 0 radical (unpaired) electrons. The van der Waals surface area contributed by atoms with Crippen LogP contribution in [0.15, 0.2) is 43.0 Å². The molecule has 1 atom stereocenters. The summed E-state index contributed by atoms with van der Waals surface area (Å²) in [7, 11) is 0. The van der Waals surface area contributed by atoms with Gasteiger partial charge in [-0.1, -0.05) is 18.2 Å². The van der Waals surface area contributed by atoms with E-state index < -0.39 is 0 Å². The smallest absolute Gasteiger partial charge is 0.162 e. The molecule has 6 nitrogen and oxygen atoms in total. The molecule has 1 aliphatic heterocycles. The normalized spacial score (nSPS) is 18.0. The minimum atomic E-state index is 0.426. The third kappa shape index (κ3) is 2.36. The predicted molar refractivity (Wildman–Crippen MR) is 87.0 cm³/mol. The molecule has 3 aromatic rings. The molecule has 0 spiro atoms. The van der Waals surface area contributed by atoms with Gasteiger partial charge in [0.15, 0.2) is 11.5 Å². The number of fused-ring (bicyclic) bond motifs is 1. The van der Waals surface area contributed by atoms with Crippen LogP contribution in [0.5, 0.6) is 0 Å². The van der Waals surface area contributed by atoms with Gasteiger partial charge >= 0.3 is 0 Å². The Morgan fingerprint density at radius 2 is 2.09 bits per heavy atom. The number of benzene rings is 1. The Balaban J connectivity index is 1.55. The van der Waals surface area contributed by atoms with Gasteiger partial charge in [-0.3, -0.25) is 0 Å². The summed E-state index contributed by atoms with van der Waals surface area (Å²) in [6.45, 7) is 1.92. The number of anilines is 2. The van der Waals surface area contributed by atoms with Gasteiger partial charge in [0.1, 0.15) is 11.8 Å². The number of nitrogens with zero attached hydrogens (tertiary/aromatic N) is 4. The number of rotatable bonds is 4. The lowest BCUT2D eigenvalue weighted by molar-refractivity contribution is 0.692. The van der Waals surface area contributed by atoms with Crippen LogP contribution in [0.2, 0.25) is 0 Å². The zero-order chi connectivity index (χ0) is 14.8. The summed E-state index contributed by atoms with van der Waals surface area (Å²) in [4.78, 5) is 18.5. The summed E-state index contributed by atoms with van der Waals surface area (Å²) in [6.07, 6.45) is 5.62. The highest BCUT2D eigenvalue weighted by Gasteiger charge is 2.27. The second-order valence-electron chi connectivity index (χ2n) is 5.53. The Morgan fingerprint density at radius 3 is 3.00 bits per heavy atom. The van der Waals surface area contributed by atoms with Crippen molar-refractivity contribution >= 4 is 22.7 Å². The first kappa shape index (κ1) is 13.1. The quantitative estimate of drug-likeness (QED) is 0.773. The lowest BCUT2D eigenvalue weighted by atomic mass is 10.2. The van der Waals surface area contributed by atoms with Crippen molar-refractivity contribution in [2.24, 2.45) is 0 Å². The van der Waals surface area contributed by atoms with Crippen molar-refractivity contribution in [3.63, 3.8) is 0 Å². The number of H-pyrrole nitrogens is 1. The summed E-state index contributed by atoms with van der Waals surface area (Å²) < 4.78 is 0. The van der Waals surface area contributed by atoms with Crippen LogP contribution in [-0.2, 0) is 0 Å². The lowest BCUT2D eigenvalue weighted by Gasteiger charge is -2.26. The maximum absolute atomic E-state index is 4.47. The fraction of sp³-hybridized carbons (Fsp3) is 0.312. The molecule has 1 aliphatic rings. The Morgan fingerprint density at radius 1 is 1.18 bits per heavy atom. The van der Waals surface area contributed by atoms with E-state index in [4.69, 9.17) is 0 Å². The highest BCUT2D eigenvalue weighted by atomic mass is 15.3. The minimum absolute atomic E-state index is 0.426. The molecule has 0 saturated carbocycles. The number of aromatic nitrogens is 4. The molecule has 0 bridgehead atoms. The molecule has 22 heavy (non-hydrogen) atoms. The highest BCUT2D eigenvalue weighted by Crippen LogP contribution is 2.28. The Kier molecular flexibility index (Phi) is 3.34. The number of aromatic amines is 1. The fourth-order valence-electron chi connectivity index (χ4n) is 3.08. The first-order valence-electron chi connectivity index (χ1n) is 7.61. The van der Waals surface area contributed by atoms with Crippen LogP contribution >= 0.6 is 0 Å². The van der Waals surface area contributed by atoms with E-state index in [9.17, 15) is 0 Å². The zero-order valence-corrected chi connectivity index (χ0v) is 12.2. The summed E-state index contributed by atoms with van der Waals surface area (Å²) in [5.74, 6) is 0.934. The van der Waals surface area contributed by atoms with Gasteiger partial charge in [0.25, 0.3) is 0 Å².